The van der Waals surface area contributed by atoms with Gasteiger partial charge in [0.15, 0.2) is 0 Å². The molecule has 1 aromatic rings. The summed E-state index contributed by atoms with van der Waals surface area (Å²) in [6.45, 7) is 7.80. The number of hydrogen-bond acceptors (Lipinski definition) is 4. The van der Waals surface area contributed by atoms with Crippen molar-refractivity contribution in [2.75, 3.05) is 33.3 Å². The second kappa shape index (κ2) is 10.9. The number of methoxy groups -OCH3 is 1. The van der Waals surface area contributed by atoms with Gasteiger partial charge in [-0.3, -0.25) is 9.59 Å². The van der Waals surface area contributed by atoms with Crippen LogP contribution in [0.25, 0.3) is 0 Å². The molecule has 2 rings (SSSR count). The number of rotatable bonds is 9. The number of likely N-dealkylation sites (tertiary alicyclic amines) is 1. The standard InChI is InChI=1S/C21H33N3O3/c1-16-9-13-24(14-10-16)12-4-11-22-21(26)15-20(23-17(2)25)18-5-7-19(27-3)8-6-18/h5-8,16,20H,4,9-15H2,1-3H3,(H,22,26)(H,23,25)/t20-/m0/s1. The van der Waals surface area contributed by atoms with Crippen LogP contribution in [0.3, 0.4) is 0 Å². The monoisotopic (exact) mass is 375 g/mol. The van der Waals surface area contributed by atoms with Crippen LogP contribution < -0.4 is 15.4 Å². The van der Waals surface area contributed by atoms with Gasteiger partial charge in [-0.2, -0.15) is 0 Å². The summed E-state index contributed by atoms with van der Waals surface area (Å²) in [4.78, 5) is 26.3. The molecule has 27 heavy (non-hydrogen) atoms. The summed E-state index contributed by atoms with van der Waals surface area (Å²) in [6, 6.07) is 7.09. The zero-order valence-electron chi connectivity index (χ0n) is 16.8. The number of nitrogens with zero attached hydrogens (tertiary/aromatic N) is 1. The number of carbonyl (C=O) groups is 2. The van der Waals surface area contributed by atoms with Gasteiger partial charge in [0.1, 0.15) is 5.75 Å². The van der Waals surface area contributed by atoms with Gasteiger partial charge in [-0.15, -0.1) is 0 Å². The quantitative estimate of drug-likeness (QED) is 0.651. The molecule has 1 aliphatic rings. The average molecular weight is 376 g/mol. The molecule has 0 aliphatic carbocycles. The molecule has 1 saturated heterocycles. The lowest BCUT2D eigenvalue weighted by Gasteiger charge is -2.30. The Balaban J connectivity index is 1.76. The van der Waals surface area contributed by atoms with Crippen molar-refractivity contribution in [2.45, 2.75) is 45.6 Å². The Labute approximate surface area is 162 Å². The molecule has 6 heteroatoms. The van der Waals surface area contributed by atoms with Gasteiger partial charge in [0.2, 0.25) is 11.8 Å². The van der Waals surface area contributed by atoms with Gasteiger partial charge in [0.05, 0.1) is 19.6 Å². The van der Waals surface area contributed by atoms with Gasteiger partial charge in [0.25, 0.3) is 0 Å². The van der Waals surface area contributed by atoms with Crippen molar-refractivity contribution in [2.24, 2.45) is 5.92 Å². The van der Waals surface area contributed by atoms with Crippen LogP contribution in [0.4, 0.5) is 0 Å². The Hall–Kier alpha value is -2.08. The highest BCUT2D eigenvalue weighted by atomic mass is 16.5. The second-order valence-corrected chi connectivity index (χ2v) is 7.46. The number of nitrogens with one attached hydrogen (secondary N) is 2. The molecule has 0 unspecified atom stereocenters. The molecule has 1 atom stereocenters. The lowest BCUT2D eigenvalue weighted by atomic mass is 9.99. The number of piperidine rings is 1. The number of amides is 2. The number of ether oxygens (including phenoxy) is 1. The first kappa shape index (κ1) is 21.2. The number of hydrogen-bond donors (Lipinski definition) is 2. The lowest BCUT2D eigenvalue weighted by molar-refractivity contribution is -0.122. The molecule has 2 N–H and O–H groups in total. The zero-order chi connectivity index (χ0) is 19.6. The Bertz CT molecular complexity index is 595. The highest BCUT2D eigenvalue weighted by Gasteiger charge is 2.18. The molecule has 0 radical (unpaired) electrons. The minimum Gasteiger partial charge on any atom is -0.497 e. The van der Waals surface area contributed by atoms with Crippen molar-refractivity contribution in [3.8, 4) is 5.75 Å². The third-order valence-corrected chi connectivity index (χ3v) is 5.13. The van der Waals surface area contributed by atoms with Crippen LogP contribution in [0.15, 0.2) is 24.3 Å². The fraction of sp³-hybridized carbons (Fsp3) is 0.619. The maximum atomic E-state index is 12.3. The second-order valence-electron chi connectivity index (χ2n) is 7.46. The summed E-state index contributed by atoms with van der Waals surface area (Å²) < 4.78 is 5.16. The number of benzene rings is 1. The highest BCUT2D eigenvalue weighted by molar-refractivity contribution is 5.79. The van der Waals surface area contributed by atoms with Crippen LogP contribution in [0.5, 0.6) is 5.75 Å². The zero-order valence-corrected chi connectivity index (χ0v) is 16.8. The smallest absolute Gasteiger partial charge is 0.222 e. The molecule has 0 aromatic heterocycles. The van der Waals surface area contributed by atoms with E-state index in [4.69, 9.17) is 4.74 Å². The van der Waals surface area contributed by atoms with Crippen LogP contribution in [-0.4, -0.2) is 50.0 Å². The molecular weight excluding hydrogens is 342 g/mol. The molecule has 0 spiro atoms. The maximum Gasteiger partial charge on any atom is 0.222 e. The van der Waals surface area contributed by atoms with Crippen molar-refractivity contribution >= 4 is 11.8 Å². The molecular formula is C21H33N3O3. The van der Waals surface area contributed by atoms with Crippen molar-refractivity contribution in [3.63, 3.8) is 0 Å². The van der Waals surface area contributed by atoms with E-state index < -0.39 is 0 Å². The van der Waals surface area contributed by atoms with E-state index in [-0.39, 0.29) is 24.3 Å². The van der Waals surface area contributed by atoms with E-state index in [1.165, 1.54) is 19.8 Å². The Morgan fingerprint density at radius 3 is 2.48 bits per heavy atom. The predicted molar refractivity (Wildman–Crippen MR) is 107 cm³/mol. The SMILES string of the molecule is COc1ccc([C@H](CC(=O)NCCCN2CCC(C)CC2)NC(C)=O)cc1. The van der Waals surface area contributed by atoms with Gasteiger partial charge < -0.3 is 20.3 Å². The van der Waals surface area contributed by atoms with Gasteiger partial charge >= 0.3 is 0 Å². The van der Waals surface area contributed by atoms with Crippen LogP contribution in [0.1, 0.15) is 51.1 Å². The van der Waals surface area contributed by atoms with E-state index in [0.29, 0.717) is 6.54 Å². The van der Waals surface area contributed by atoms with E-state index in [0.717, 1.165) is 43.3 Å². The van der Waals surface area contributed by atoms with Gasteiger partial charge in [0, 0.05) is 13.5 Å². The molecule has 1 heterocycles. The van der Waals surface area contributed by atoms with Crippen LogP contribution in [-0.2, 0) is 9.59 Å². The Morgan fingerprint density at radius 2 is 1.89 bits per heavy atom. The first-order chi connectivity index (χ1) is 13.0. The average Bonchev–Trinajstić information content (AvgIpc) is 2.66. The molecule has 6 nitrogen and oxygen atoms in total. The normalized spacial score (nSPS) is 16.6. The summed E-state index contributed by atoms with van der Waals surface area (Å²) in [5.74, 6) is 1.39. The number of carbonyl (C=O) groups excluding carboxylic acids is 2. The van der Waals surface area contributed by atoms with Crippen molar-refractivity contribution < 1.29 is 14.3 Å². The van der Waals surface area contributed by atoms with Crippen molar-refractivity contribution in [3.05, 3.63) is 29.8 Å². The van der Waals surface area contributed by atoms with Gasteiger partial charge in [-0.1, -0.05) is 19.1 Å². The first-order valence-electron chi connectivity index (χ1n) is 9.88. The first-order valence-corrected chi connectivity index (χ1v) is 9.88. The third kappa shape index (κ3) is 7.59. The van der Waals surface area contributed by atoms with Gasteiger partial charge in [-0.25, -0.2) is 0 Å². The Morgan fingerprint density at radius 1 is 1.22 bits per heavy atom. The van der Waals surface area contributed by atoms with Crippen molar-refractivity contribution in [1.29, 1.82) is 0 Å². The Kier molecular flexibility index (Phi) is 8.58. The molecule has 2 amide bonds. The summed E-state index contributed by atoms with van der Waals surface area (Å²) in [5.41, 5.74) is 0.892. The largest absolute Gasteiger partial charge is 0.497 e. The molecule has 150 valence electrons. The lowest BCUT2D eigenvalue weighted by Crippen LogP contribution is -2.36. The molecule has 0 bridgehead atoms. The fourth-order valence-corrected chi connectivity index (χ4v) is 3.41. The summed E-state index contributed by atoms with van der Waals surface area (Å²) >= 11 is 0. The van der Waals surface area contributed by atoms with Crippen LogP contribution >= 0.6 is 0 Å². The van der Waals surface area contributed by atoms with E-state index in [9.17, 15) is 9.59 Å². The fourth-order valence-electron chi connectivity index (χ4n) is 3.41. The van der Waals surface area contributed by atoms with Crippen LogP contribution in [0.2, 0.25) is 0 Å². The topological polar surface area (TPSA) is 70.7 Å². The van der Waals surface area contributed by atoms with Crippen molar-refractivity contribution in [1.82, 2.24) is 15.5 Å². The predicted octanol–water partition coefficient (Wildman–Crippen LogP) is 2.50. The molecule has 1 aromatic carbocycles. The van der Waals surface area contributed by atoms with E-state index >= 15 is 0 Å². The van der Waals surface area contributed by atoms with Gasteiger partial charge in [-0.05, 0) is 62.5 Å². The highest BCUT2D eigenvalue weighted by Crippen LogP contribution is 2.20. The van der Waals surface area contributed by atoms with E-state index in [2.05, 4.69) is 22.5 Å². The maximum absolute atomic E-state index is 12.3. The molecule has 1 aliphatic heterocycles. The third-order valence-electron chi connectivity index (χ3n) is 5.13. The minimum absolute atomic E-state index is 0.0446. The van der Waals surface area contributed by atoms with E-state index in [1.807, 2.05) is 24.3 Å². The van der Waals surface area contributed by atoms with E-state index in [1.54, 1.807) is 7.11 Å². The summed E-state index contributed by atoms with van der Waals surface area (Å²) in [5, 5.41) is 5.85. The molecule has 0 saturated carbocycles. The summed E-state index contributed by atoms with van der Waals surface area (Å²) in [7, 11) is 1.61. The van der Waals surface area contributed by atoms with Crippen LogP contribution in [0, 0.1) is 5.92 Å². The minimum atomic E-state index is -0.336. The molecule has 1 fully saturated rings. The summed E-state index contributed by atoms with van der Waals surface area (Å²) in [6.07, 6.45) is 3.72.